The van der Waals surface area contributed by atoms with E-state index < -0.39 is 0 Å². The summed E-state index contributed by atoms with van der Waals surface area (Å²) >= 11 is 0. The highest BCUT2D eigenvalue weighted by Crippen LogP contribution is 2.38. The number of aromatic nitrogens is 6. The van der Waals surface area contributed by atoms with E-state index >= 15 is 0 Å². The monoisotopic (exact) mass is 476 g/mol. The summed E-state index contributed by atoms with van der Waals surface area (Å²) in [7, 11) is 1.98. The summed E-state index contributed by atoms with van der Waals surface area (Å²) in [6.45, 7) is 5.38. The number of carbonyl (C=O) groups is 1. The summed E-state index contributed by atoms with van der Waals surface area (Å²) in [4.78, 5) is 25.1. The number of nitrogens with one attached hydrogen (secondary N) is 1. The molecule has 10 nitrogen and oxygen atoms in total. The lowest BCUT2D eigenvalue weighted by Gasteiger charge is -2.22. The summed E-state index contributed by atoms with van der Waals surface area (Å²) in [5.41, 5.74) is 4.28. The van der Waals surface area contributed by atoms with Crippen molar-refractivity contribution in [3.63, 3.8) is 0 Å². The van der Waals surface area contributed by atoms with Crippen molar-refractivity contribution >= 4 is 39.6 Å². The minimum absolute atomic E-state index is 0.0806. The number of anilines is 2. The van der Waals surface area contributed by atoms with Gasteiger partial charge in [0.25, 0.3) is 0 Å². The number of fused-ring (bicyclic) bond motifs is 3. The van der Waals surface area contributed by atoms with Crippen LogP contribution in [0.25, 0.3) is 22.1 Å². The van der Waals surface area contributed by atoms with Crippen LogP contribution in [0.3, 0.4) is 0 Å². The number of rotatable bonds is 9. The Balaban J connectivity index is 1.42. The highest BCUT2D eigenvalue weighted by atomic mass is 16.3. The Bertz CT molecular complexity index is 1390. The third-order valence-electron chi connectivity index (χ3n) is 7.18. The fourth-order valence-corrected chi connectivity index (χ4v) is 5.25. The largest absolute Gasteiger partial charge is 0.390 e. The van der Waals surface area contributed by atoms with Gasteiger partial charge < -0.3 is 24.5 Å². The Labute approximate surface area is 203 Å². The zero-order valence-corrected chi connectivity index (χ0v) is 20.5. The van der Waals surface area contributed by atoms with Gasteiger partial charge in [-0.25, -0.2) is 9.97 Å². The first-order valence-electron chi connectivity index (χ1n) is 12.6. The molecule has 4 aromatic rings. The maximum absolute atomic E-state index is 13.3. The second-order valence-electron chi connectivity index (χ2n) is 9.69. The van der Waals surface area contributed by atoms with Crippen molar-refractivity contribution < 1.29 is 9.90 Å². The first-order valence-corrected chi connectivity index (χ1v) is 12.6. The molecule has 10 heteroatoms. The summed E-state index contributed by atoms with van der Waals surface area (Å²) in [5.74, 6) is 1.46. The number of aliphatic hydroxyl groups is 1. The third kappa shape index (κ3) is 3.76. The van der Waals surface area contributed by atoms with E-state index in [4.69, 9.17) is 4.98 Å². The predicted octanol–water partition coefficient (Wildman–Crippen LogP) is 3.09. The number of amides is 1. The topological polar surface area (TPSA) is 106 Å². The van der Waals surface area contributed by atoms with Crippen LogP contribution in [-0.4, -0.2) is 56.9 Å². The van der Waals surface area contributed by atoms with Crippen molar-refractivity contribution in [3.05, 3.63) is 29.8 Å². The Morgan fingerprint density at radius 1 is 1.14 bits per heavy atom. The van der Waals surface area contributed by atoms with Gasteiger partial charge in [0.1, 0.15) is 11.2 Å². The molecule has 4 aromatic heterocycles. The van der Waals surface area contributed by atoms with Crippen LogP contribution >= 0.6 is 0 Å². The minimum Gasteiger partial charge on any atom is -0.390 e. The highest BCUT2D eigenvalue weighted by Gasteiger charge is 2.42. The number of carbonyl (C=O) groups excluding carboxylic acids is 1. The lowest BCUT2D eigenvalue weighted by molar-refractivity contribution is -0.131. The first kappa shape index (κ1) is 22.1. The fraction of sp³-hybridized carbons (Fsp3) is 0.520. The van der Waals surface area contributed by atoms with Crippen molar-refractivity contribution in [2.24, 2.45) is 7.05 Å². The molecule has 0 aromatic carbocycles. The maximum atomic E-state index is 13.3. The molecule has 35 heavy (non-hydrogen) atoms. The summed E-state index contributed by atoms with van der Waals surface area (Å²) in [6.07, 6.45) is 6.72. The molecular formula is C25H32N8O2. The molecule has 2 fully saturated rings. The molecule has 0 aliphatic heterocycles. The Morgan fingerprint density at radius 2 is 1.89 bits per heavy atom. The summed E-state index contributed by atoms with van der Waals surface area (Å²) in [6, 6.07) is 4.83. The number of aryl methyl sites for hydroxylation is 3. The molecule has 0 unspecified atom stereocenters. The minimum atomic E-state index is -0.0806. The van der Waals surface area contributed by atoms with E-state index in [-0.39, 0.29) is 12.5 Å². The quantitative estimate of drug-likeness (QED) is 0.385. The Morgan fingerprint density at radius 3 is 2.49 bits per heavy atom. The van der Waals surface area contributed by atoms with Gasteiger partial charge in [-0.3, -0.25) is 9.48 Å². The van der Waals surface area contributed by atoms with Crippen molar-refractivity contribution in [2.75, 3.05) is 5.32 Å². The summed E-state index contributed by atoms with van der Waals surface area (Å²) < 4.78 is 5.91. The van der Waals surface area contributed by atoms with E-state index in [2.05, 4.69) is 37.9 Å². The fourth-order valence-electron chi connectivity index (χ4n) is 5.25. The number of imidazole rings is 1. The van der Waals surface area contributed by atoms with Gasteiger partial charge >= 0.3 is 0 Å². The smallest absolute Gasteiger partial charge is 0.229 e. The van der Waals surface area contributed by atoms with Crippen LogP contribution in [0.2, 0.25) is 0 Å². The number of hydrogen-bond donors (Lipinski definition) is 2. The summed E-state index contributed by atoms with van der Waals surface area (Å²) in [5, 5.41) is 18.5. The highest BCUT2D eigenvalue weighted by molar-refractivity contribution is 6.07. The zero-order chi connectivity index (χ0) is 24.3. The predicted molar refractivity (Wildman–Crippen MR) is 133 cm³/mol. The Hall–Kier alpha value is -3.40. The molecule has 2 aliphatic rings. The molecule has 1 amide bonds. The maximum Gasteiger partial charge on any atom is 0.229 e. The molecule has 2 N–H and O–H groups in total. The number of aliphatic hydroxyl groups excluding tert-OH is 1. The van der Waals surface area contributed by atoms with Crippen LogP contribution < -0.4 is 5.32 Å². The van der Waals surface area contributed by atoms with Crippen molar-refractivity contribution in [1.29, 1.82) is 0 Å². The first-order chi connectivity index (χ1) is 17.0. The molecule has 184 valence electrons. The van der Waals surface area contributed by atoms with Gasteiger partial charge in [-0.15, -0.1) is 0 Å². The van der Waals surface area contributed by atoms with E-state index in [0.717, 1.165) is 59.1 Å². The normalized spacial score (nSPS) is 15.9. The molecule has 0 spiro atoms. The van der Waals surface area contributed by atoms with Gasteiger partial charge in [-0.2, -0.15) is 5.10 Å². The standard InChI is InChI=1S/C25H32N8O2/c1-4-31-17(12-21(35)33(15-6-7-15)16-8-9-16)10-19-23-22(26-14-30(23)3)24(28-25(19)31)27-20-11-18(13-34)32(5-2)29-20/h10-11,14-16,34H,4-9,12-13H2,1-3H3,(H,27,28,29). The SMILES string of the molecule is CCn1nc(Nc2nc3c(cc(CC(=O)N(C4CC4)C4CC4)n3CC)c3c2ncn3C)cc1CO. The number of nitrogens with zero attached hydrogens (tertiary/aromatic N) is 7. The van der Waals surface area contributed by atoms with Crippen LogP contribution in [0.1, 0.15) is 50.9 Å². The van der Waals surface area contributed by atoms with Gasteiger partial charge in [0.05, 0.1) is 30.6 Å². The van der Waals surface area contributed by atoms with E-state index in [9.17, 15) is 9.90 Å². The van der Waals surface area contributed by atoms with Crippen LogP contribution in [0, 0.1) is 0 Å². The number of hydrogen-bond acceptors (Lipinski definition) is 6. The van der Waals surface area contributed by atoms with Crippen LogP contribution in [0.5, 0.6) is 0 Å². The number of pyridine rings is 1. The molecular weight excluding hydrogens is 444 g/mol. The van der Waals surface area contributed by atoms with E-state index in [1.807, 2.05) is 24.6 Å². The van der Waals surface area contributed by atoms with Gasteiger partial charge in [-0.05, 0) is 45.6 Å². The molecule has 0 radical (unpaired) electrons. The van der Waals surface area contributed by atoms with Crippen molar-refractivity contribution in [2.45, 2.75) is 77.7 Å². The molecule has 0 atom stereocenters. The average molecular weight is 477 g/mol. The molecule has 0 bridgehead atoms. The molecule has 2 saturated carbocycles. The van der Waals surface area contributed by atoms with Gasteiger partial charge in [0, 0.05) is 49.4 Å². The molecule has 6 rings (SSSR count). The Kier molecular flexibility index (Phi) is 5.28. The van der Waals surface area contributed by atoms with E-state index in [0.29, 0.717) is 43.2 Å². The van der Waals surface area contributed by atoms with Crippen LogP contribution in [0.15, 0.2) is 18.5 Å². The molecule has 2 aliphatic carbocycles. The van der Waals surface area contributed by atoms with Crippen LogP contribution in [-0.2, 0) is 38.0 Å². The lowest BCUT2D eigenvalue weighted by atomic mass is 10.2. The van der Waals surface area contributed by atoms with Gasteiger partial charge in [0.2, 0.25) is 5.91 Å². The van der Waals surface area contributed by atoms with Gasteiger partial charge in [0.15, 0.2) is 11.6 Å². The molecule has 4 heterocycles. The second-order valence-corrected chi connectivity index (χ2v) is 9.69. The third-order valence-corrected chi connectivity index (χ3v) is 7.18. The van der Waals surface area contributed by atoms with Crippen molar-refractivity contribution in [1.82, 2.24) is 33.8 Å². The zero-order valence-electron chi connectivity index (χ0n) is 20.5. The lowest BCUT2D eigenvalue weighted by Crippen LogP contribution is -2.36. The van der Waals surface area contributed by atoms with E-state index in [1.54, 1.807) is 11.0 Å². The average Bonchev–Trinajstić information content (AvgIpc) is 3.76. The van der Waals surface area contributed by atoms with Gasteiger partial charge in [-0.1, -0.05) is 0 Å². The van der Waals surface area contributed by atoms with Crippen molar-refractivity contribution in [3.8, 4) is 0 Å². The van der Waals surface area contributed by atoms with Crippen LogP contribution in [0.4, 0.5) is 11.6 Å². The van der Waals surface area contributed by atoms with E-state index in [1.165, 1.54) is 0 Å². The second kappa shape index (κ2) is 8.37. The molecule has 0 saturated heterocycles.